The van der Waals surface area contributed by atoms with Gasteiger partial charge in [-0.15, -0.1) is 0 Å². The van der Waals surface area contributed by atoms with Crippen LogP contribution < -0.4 is 10.1 Å². The van der Waals surface area contributed by atoms with Gasteiger partial charge in [0, 0.05) is 42.1 Å². The molecular formula is C28H32N4O4. The quantitative estimate of drug-likeness (QED) is 0.436. The standard InChI is InChI=1S/C28H32N4O4/c1-3-36-20-10-11-23-21(15-20)22-16-28(2)26(34)31(13-12-29-18-7-5-8-18)27(35)32(28)25(24(22)30-23)17-6-4-9-19(33)14-17/h4,6,9-11,14-15,18,25,29-30,33H,3,5,7-8,12-13,16H2,1-2H3/t25-,28+/m1/s1. The number of phenolic OH excluding ortho intramolecular Hbond substituents is 1. The molecule has 1 aromatic heterocycles. The predicted molar refractivity (Wildman–Crippen MR) is 136 cm³/mol. The van der Waals surface area contributed by atoms with Crippen LogP contribution in [0.15, 0.2) is 42.5 Å². The SMILES string of the molecule is CCOc1ccc2[nH]c3c(c2c1)C[C@@]1(C)C(=O)N(CCNC2CCC2)C(=O)N1[C@@H]3c1cccc(O)c1. The molecule has 3 heterocycles. The summed E-state index contributed by atoms with van der Waals surface area (Å²) in [6, 6.07) is 12.5. The first-order chi connectivity index (χ1) is 17.4. The first-order valence-corrected chi connectivity index (χ1v) is 12.9. The molecular weight excluding hydrogens is 456 g/mol. The molecule has 8 nitrogen and oxygen atoms in total. The Kier molecular flexibility index (Phi) is 5.44. The number of carbonyl (C=O) groups is 2. The number of fused-ring (bicyclic) bond motifs is 4. The van der Waals surface area contributed by atoms with Gasteiger partial charge in [-0.2, -0.15) is 0 Å². The zero-order chi connectivity index (χ0) is 25.0. The molecule has 1 saturated heterocycles. The van der Waals surface area contributed by atoms with Crippen molar-refractivity contribution < 1.29 is 19.4 Å². The lowest BCUT2D eigenvalue weighted by atomic mass is 9.81. The van der Waals surface area contributed by atoms with Gasteiger partial charge in [0.15, 0.2) is 0 Å². The van der Waals surface area contributed by atoms with Crippen molar-refractivity contribution in [3.63, 3.8) is 0 Å². The number of urea groups is 1. The highest BCUT2D eigenvalue weighted by atomic mass is 16.5. The molecule has 2 aromatic carbocycles. The highest BCUT2D eigenvalue weighted by Crippen LogP contribution is 2.49. The topological polar surface area (TPSA) is 97.9 Å². The van der Waals surface area contributed by atoms with Crippen molar-refractivity contribution in [1.29, 1.82) is 0 Å². The molecule has 1 saturated carbocycles. The third-order valence-corrected chi connectivity index (χ3v) is 8.01. The summed E-state index contributed by atoms with van der Waals surface area (Å²) in [6.45, 7) is 5.32. The molecule has 0 spiro atoms. The number of nitrogens with zero attached hydrogens (tertiary/aromatic N) is 2. The van der Waals surface area contributed by atoms with E-state index in [2.05, 4.69) is 10.3 Å². The first kappa shape index (κ1) is 22.9. The number of ether oxygens (including phenoxy) is 1. The van der Waals surface area contributed by atoms with E-state index in [1.54, 1.807) is 23.1 Å². The molecule has 2 fully saturated rings. The summed E-state index contributed by atoms with van der Waals surface area (Å²) in [6.07, 6.45) is 3.94. The average Bonchev–Trinajstić information content (AvgIpc) is 3.26. The molecule has 1 aliphatic carbocycles. The molecule has 2 atom stereocenters. The van der Waals surface area contributed by atoms with Gasteiger partial charge >= 0.3 is 6.03 Å². The lowest BCUT2D eigenvalue weighted by Gasteiger charge is -2.42. The second-order valence-electron chi connectivity index (χ2n) is 10.3. The van der Waals surface area contributed by atoms with Crippen LogP contribution in [0.2, 0.25) is 0 Å². The van der Waals surface area contributed by atoms with Gasteiger partial charge in [0.2, 0.25) is 0 Å². The van der Waals surface area contributed by atoms with Crippen molar-refractivity contribution >= 4 is 22.8 Å². The number of phenols is 1. The largest absolute Gasteiger partial charge is 0.508 e. The Morgan fingerprint density at radius 3 is 2.75 bits per heavy atom. The summed E-state index contributed by atoms with van der Waals surface area (Å²) in [4.78, 5) is 34.4. The Hall–Kier alpha value is -3.52. The van der Waals surface area contributed by atoms with E-state index < -0.39 is 11.6 Å². The molecule has 3 amide bonds. The van der Waals surface area contributed by atoms with Gasteiger partial charge in [0.1, 0.15) is 23.1 Å². The average molecular weight is 489 g/mol. The van der Waals surface area contributed by atoms with Crippen LogP contribution in [-0.4, -0.2) is 63.1 Å². The van der Waals surface area contributed by atoms with Gasteiger partial charge in [-0.1, -0.05) is 18.6 Å². The zero-order valence-corrected chi connectivity index (χ0v) is 20.7. The number of carbonyl (C=O) groups excluding carboxylic acids is 2. The van der Waals surface area contributed by atoms with Crippen LogP contribution in [0, 0.1) is 0 Å². The van der Waals surface area contributed by atoms with Crippen LogP contribution in [0.3, 0.4) is 0 Å². The summed E-state index contributed by atoms with van der Waals surface area (Å²) in [7, 11) is 0. The van der Waals surface area contributed by atoms with Gasteiger partial charge in [0.25, 0.3) is 5.91 Å². The minimum absolute atomic E-state index is 0.121. The smallest absolute Gasteiger partial charge is 0.328 e. The van der Waals surface area contributed by atoms with E-state index in [-0.39, 0.29) is 17.7 Å². The minimum atomic E-state index is -1.03. The number of aromatic hydroxyl groups is 1. The van der Waals surface area contributed by atoms with E-state index in [0.717, 1.165) is 46.3 Å². The number of hydrogen-bond donors (Lipinski definition) is 3. The number of H-pyrrole nitrogens is 1. The Morgan fingerprint density at radius 1 is 1.19 bits per heavy atom. The molecule has 6 rings (SSSR count). The molecule has 0 unspecified atom stereocenters. The molecule has 36 heavy (non-hydrogen) atoms. The van der Waals surface area contributed by atoms with Gasteiger partial charge in [0.05, 0.1) is 6.61 Å². The highest BCUT2D eigenvalue weighted by molar-refractivity contribution is 6.08. The van der Waals surface area contributed by atoms with Crippen molar-refractivity contribution in [3.05, 3.63) is 59.3 Å². The van der Waals surface area contributed by atoms with Gasteiger partial charge < -0.3 is 20.1 Å². The summed E-state index contributed by atoms with van der Waals surface area (Å²) in [5.41, 5.74) is 2.54. The van der Waals surface area contributed by atoms with Crippen molar-refractivity contribution in [2.45, 2.75) is 57.2 Å². The number of rotatable bonds is 7. The number of imide groups is 1. The molecule has 2 aliphatic heterocycles. The maximum Gasteiger partial charge on any atom is 0.328 e. The van der Waals surface area contributed by atoms with E-state index in [1.165, 1.54) is 11.3 Å². The fraction of sp³-hybridized carbons (Fsp3) is 0.429. The normalized spacial score (nSPS) is 23.7. The predicted octanol–water partition coefficient (Wildman–Crippen LogP) is 4.08. The van der Waals surface area contributed by atoms with Gasteiger partial charge in [-0.05, 0) is 68.1 Å². The highest BCUT2D eigenvalue weighted by Gasteiger charge is 2.60. The lowest BCUT2D eigenvalue weighted by Crippen LogP contribution is -2.53. The fourth-order valence-corrected chi connectivity index (χ4v) is 5.98. The number of hydrogen-bond acceptors (Lipinski definition) is 5. The lowest BCUT2D eigenvalue weighted by molar-refractivity contribution is -0.133. The fourth-order valence-electron chi connectivity index (χ4n) is 5.98. The number of aromatic nitrogens is 1. The molecule has 3 aromatic rings. The number of amides is 3. The number of aromatic amines is 1. The maximum atomic E-state index is 13.9. The monoisotopic (exact) mass is 488 g/mol. The molecule has 3 aliphatic rings. The Bertz CT molecular complexity index is 1350. The van der Waals surface area contributed by atoms with Gasteiger partial charge in [-0.25, -0.2) is 4.79 Å². The molecule has 8 heteroatoms. The second-order valence-corrected chi connectivity index (χ2v) is 10.3. The minimum Gasteiger partial charge on any atom is -0.508 e. The molecule has 0 radical (unpaired) electrons. The molecule has 0 bridgehead atoms. The van der Waals surface area contributed by atoms with E-state index in [9.17, 15) is 14.7 Å². The van der Waals surface area contributed by atoms with Crippen LogP contribution in [-0.2, 0) is 11.2 Å². The van der Waals surface area contributed by atoms with Crippen molar-refractivity contribution in [2.75, 3.05) is 19.7 Å². The molecule has 3 N–H and O–H groups in total. The summed E-state index contributed by atoms with van der Waals surface area (Å²) in [5.74, 6) is 0.718. The third kappa shape index (κ3) is 3.46. The van der Waals surface area contributed by atoms with Crippen LogP contribution in [0.25, 0.3) is 10.9 Å². The summed E-state index contributed by atoms with van der Waals surface area (Å²) >= 11 is 0. The first-order valence-electron chi connectivity index (χ1n) is 12.9. The van der Waals surface area contributed by atoms with Crippen LogP contribution >= 0.6 is 0 Å². The summed E-state index contributed by atoms with van der Waals surface area (Å²) < 4.78 is 5.75. The van der Waals surface area contributed by atoms with E-state index in [4.69, 9.17) is 4.74 Å². The third-order valence-electron chi connectivity index (χ3n) is 8.01. The van der Waals surface area contributed by atoms with Crippen LogP contribution in [0.1, 0.15) is 56.0 Å². The van der Waals surface area contributed by atoms with Crippen LogP contribution in [0.5, 0.6) is 11.5 Å². The zero-order valence-electron chi connectivity index (χ0n) is 20.7. The number of benzene rings is 2. The summed E-state index contributed by atoms with van der Waals surface area (Å²) in [5, 5.41) is 14.7. The van der Waals surface area contributed by atoms with E-state index >= 15 is 0 Å². The van der Waals surface area contributed by atoms with E-state index in [1.807, 2.05) is 38.1 Å². The Morgan fingerprint density at radius 2 is 2.03 bits per heavy atom. The van der Waals surface area contributed by atoms with Crippen LogP contribution in [0.4, 0.5) is 4.79 Å². The Balaban J connectivity index is 1.44. The Labute approximate surface area is 210 Å². The van der Waals surface area contributed by atoms with Crippen molar-refractivity contribution in [2.24, 2.45) is 0 Å². The molecule has 188 valence electrons. The number of nitrogens with one attached hydrogen (secondary N) is 2. The van der Waals surface area contributed by atoms with E-state index in [0.29, 0.717) is 32.2 Å². The van der Waals surface area contributed by atoms with Gasteiger partial charge in [-0.3, -0.25) is 14.6 Å². The van der Waals surface area contributed by atoms with Crippen molar-refractivity contribution in [1.82, 2.24) is 20.1 Å². The van der Waals surface area contributed by atoms with Crippen molar-refractivity contribution in [3.8, 4) is 11.5 Å². The second kappa shape index (κ2) is 8.55. The maximum absolute atomic E-state index is 13.9.